The summed E-state index contributed by atoms with van der Waals surface area (Å²) >= 11 is 0. The van der Waals surface area contributed by atoms with E-state index in [1.807, 2.05) is 0 Å². The topological polar surface area (TPSA) is 77.0 Å². The molecular formula is C13H26N4O. The van der Waals surface area contributed by atoms with E-state index in [1.54, 1.807) is 0 Å². The zero-order valence-corrected chi connectivity index (χ0v) is 11.6. The lowest BCUT2D eigenvalue weighted by atomic mass is 10.0. The molecule has 0 spiro atoms. The Hall–Kier alpha value is -1.10. The molecule has 0 aliphatic carbocycles. The van der Waals surface area contributed by atoms with Crippen LogP contribution in [0.5, 0.6) is 0 Å². The monoisotopic (exact) mass is 254 g/mol. The van der Waals surface area contributed by atoms with Gasteiger partial charge in [0.15, 0.2) is 0 Å². The van der Waals surface area contributed by atoms with Crippen LogP contribution in [0.3, 0.4) is 0 Å². The standard InChI is InChI=1S/C13H26N4O/c1-11(2)7-5-3-4-6-10-15-13-17-16-12(18-13)8-9-14/h11H,3-10,14H2,1-2H3,(H,15,17). The largest absolute Gasteiger partial charge is 0.408 e. The molecule has 0 unspecified atom stereocenters. The van der Waals surface area contributed by atoms with Gasteiger partial charge in [-0.05, 0) is 12.3 Å². The van der Waals surface area contributed by atoms with Gasteiger partial charge in [-0.3, -0.25) is 0 Å². The van der Waals surface area contributed by atoms with Crippen molar-refractivity contribution in [3.63, 3.8) is 0 Å². The lowest BCUT2D eigenvalue weighted by Crippen LogP contribution is -2.02. The average Bonchev–Trinajstić information content (AvgIpc) is 2.76. The van der Waals surface area contributed by atoms with Crippen molar-refractivity contribution in [1.29, 1.82) is 0 Å². The first kappa shape index (κ1) is 15.0. The van der Waals surface area contributed by atoms with Crippen molar-refractivity contribution in [2.45, 2.75) is 52.4 Å². The summed E-state index contributed by atoms with van der Waals surface area (Å²) in [6.45, 7) is 5.98. The van der Waals surface area contributed by atoms with Crippen LogP contribution in [-0.2, 0) is 6.42 Å². The molecule has 104 valence electrons. The van der Waals surface area contributed by atoms with E-state index in [0.717, 1.165) is 18.9 Å². The molecule has 0 saturated carbocycles. The third-order valence-corrected chi connectivity index (χ3v) is 2.81. The van der Waals surface area contributed by atoms with Crippen LogP contribution >= 0.6 is 0 Å². The summed E-state index contributed by atoms with van der Waals surface area (Å²) in [7, 11) is 0. The van der Waals surface area contributed by atoms with Crippen molar-refractivity contribution in [3.05, 3.63) is 5.89 Å². The second-order valence-corrected chi connectivity index (χ2v) is 5.06. The number of aromatic nitrogens is 2. The van der Waals surface area contributed by atoms with Crippen LogP contribution in [0, 0.1) is 5.92 Å². The van der Waals surface area contributed by atoms with Gasteiger partial charge in [-0.25, -0.2) is 0 Å². The molecule has 5 heteroatoms. The highest BCUT2D eigenvalue weighted by Gasteiger charge is 2.03. The highest BCUT2D eigenvalue weighted by atomic mass is 16.4. The van der Waals surface area contributed by atoms with Gasteiger partial charge in [-0.1, -0.05) is 44.6 Å². The van der Waals surface area contributed by atoms with Crippen LogP contribution in [0.2, 0.25) is 0 Å². The van der Waals surface area contributed by atoms with Gasteiger partial charge in [0.05, 0.1) is 0 Å². The van der Waals surface area contributed by atoms with Crippen molar-refractivity contribution in [2.75, 3.05) is 18.4 Å². The van der Waals surface area contributed by atoms with Gasteiger partial charge in [0, 0.05) is 19.5 Å². The van der Waals surface area contributed by atoms with Gasteiger partial charge in [-0.2, -0.15) is 0 Å². The minimum absolute atomic E-state index is 0.514. The molecule has 0 fully saturated rings. The Morgan fingerprint density at radius 2 is 1.94 bits per heavy atom. The minimum atomic E-state index is 0.514. The van der Waals surface area contributed by atoms with E-state index < -0.39 is 0 Å². The molecule has 0 atom stereocenters. The zero-order valence-electron chi connectivity index (χ0n) is 11.6. The Morgan fingerprint density at radius 1 is 1.17 bits per heavy atom. The van der Waals surface area contributed by atoms with Crippen LogP contribution in [0.4, 0.5) is 6.01 Å². The van der Waals surface area contributed by atoms with Crippen LogP contribution in [0.25, 0.3) is 0 Å². The van der Waals surface area contributed by atoms with Gasteiger partial charge in [-0.15, -0.1) is 5.10 Å². The SMILES string of the molecule is CC(C)CCCCCCNc1nnc(CCN)o1. The van der Waals surface area contributed by atoms with E-state index >= 15 is 0 Å². The van der Waals surface area contributed by atoms with Crippen LogP contribution in [0.15, 0.2) is 4.42 Å². The lowest BCUT2D eigenvalue weighted by molar-refractivity contribution is 0.501. The van der Waals surface area contributed by atoms with Gasteiger partial charge in [0.1, 0.15) is 0 Å². The van der Waals surface area contributed by atoms with E-state index in [-0.39, 0.29) is 0 Å². The summed E-state index contributed by atoms with van der Waals surface area (Å²) in [4.78, 5) is 0. The first-order valence-electron chi connectivity index (χ1n) is 6.98. The van der Waals surface area contributed by atoms with Crippen molar-refractivity contribution in [3.8, 4) is 0 Å². The smallest absolute Gasteiger partial charge is 0.315 e. The third kappa shape index (κ3) is 6.59. The van der Waals surface area contributed by atoms with E-state index in [9.17, 15) is 0 Å². The molecule has 18 heavy (non-hydrogen) atoms. The van der Waals surface area contributed by atoms with E-state index in [1.165, 1.54) is 25.7 Å². The molecule has 1 aromatic rings. The predicted molar refractivity (Wildman–Crippen MR) is 73.5 cm³/mol. The number of rotatable bonds is 10. The Bertz CT molecular complexity index is 312. The molecule has 0 aromatic carbocycles. The minimum Gasteiger partial charge on any atom is -0.408 e. The van der Waals surface area contributed by atoms with Crippen molar-refractivity contribution in [2.24, 2.45) is 11.7 Å². The first-order chi connectivity index (χ1) is 8.72. The van der Waals surface area contributed by atoms with Gasteiger partial charge >= 0.3 is 6.01 Å². The predicted octanol–water partition coefficient (Wildman–Crippen LogP) is 2.59. The normalized spacial score (nSPS) is 11.1. The van der Waals surface area contributed by atoms with Crippen molar-refractivity contribution < 1.29 is 4.42 Å². The molecule has 5 nitrogen and oxygen atoms in total. The van der Waals surface area contributed by atoms with E-state index in [4.69, 9.17) is 10.2 Å². The zero-order chi connectivity index (χ0) is 13.2. The summed E-state index contributed by atoms with van der Waals surface area (Å²) in [6, 6.07) is 0.514. The number of anilines is 1. The molecule has 1 heterocycles. The third-order valence-electron chi connectivity index (χ3n) is 2.81. The Kier molecular flexibility index (Phi) is 7.41. The van der Waals surface area contributed by atoms with Gasteiger partial charge in [0.25, 0.3) is 0 Å². The molecule has 1 rings (SSSR count). The first-order valence-corrected chi connectivity index (χ1v) is 6.98. The van der Waals surface area contributed by atoms with Crippen molar-refractivity contribution in [1.82, 2.24) is 10.2 Å². The van der Waals surface area contributed by atoms with E-state index in [2.05, 4.69) is 29.4 Å². The average molecular weight is 254 g/mol. The molecule has 0 aliphatic rings. The fraction of sp³-hybridized carbons (Fsp3) is 0.846. The Labute approximate surface area is 110 Å². The van der Waals surface area contributed by atoms with Crippen LogP contribution in [-0.4, -0.2) is 23.3 Å². The molecule has 3 N–H and O–H groups in total. The van der Waals surface area contributed by atoms with E-state index in [0.29, 0.717) is 24.9 Å². The highest BCUT2D eigenvalue weighted by Crippen LogP contribution is 2.10. The molecular weight excluding hydrogens is 228 g/mol. The Morgan fingerprint density at radius 3 is 2.67 bits per heavy atom. The molecule has 0 amide bonds. The molecule has 0 saturated heterocycles. The van der Waals surface area contributed by atoms with Crippen LogP contribution < -0.4 is 11.1 Å². The fourth-order valence-electron chi connectivity index (χ4n) is 1.78. The summed E-state index contributed by atoms with van der Waals surface area (Å²) in [5.41, 5.74) is 5.41. The number of nitrogens with zero attached hydrogens (tertiary/aromatic N) is 2. The Balaban J connectivity index is 2.00. The summed E-state index contributed by atoms with van der Waals surface area (Å²) in [6.07, 6.45) is 7.01. The second kappa shape index (κ2) is 8.91. The number of hydrogen-bond donors (Lipinski definition) is 2. The number of hydrogen-bond acceptors (Lipinski definition) is 5. The molecule has 0 radical (unpaired) electrons. The number of unbranched alkanes of at least 4 members (excludes halogenated alkanes) is 3. The van der Waals surface area contributed by atoms with Crippen molar-refractivity contribution >= 4 is 6.01 Å². The molecule has 1 aromatic heterocycles. The number of nitrogens with one attached hydrogen (secondary N) is 1. The summed E-state index contributed by atoms with van der Waals surface area (Å²) < 4.78 is 5.37. The maximum absolute atomic E-state index is 5.41. The van der Waals surface area contributed by atoms with Gasteiger partial charge in [0.2, 0.25) is 5.89 Å². The number of nitrogens with two attached hydrogens (primary N) is 1. The molecule has 0 aliphatic heterocycles. The summed E-state index contributed by atoms with van der Waals surface area (Å²) in [5, 5.41) is 10.9. The maximum Gasteiger partial charge on any atom is 0.315 e. The second-order valence-electron chi connectivity index (χ2n) is 5.06. The van der Waals surface area contributed by atoms with Crippen LogP contribution in [0.1, 0.15) is 51.8 Å². The van der Waals surface area contributed by atoms with Gasteiger partial charge < -0.3 is 15.5 Å². The molecule has 0 bridgehead atoms. The highest BCUT2D eigenvalue weighted by molar-refractivity contribution is 5.16. The fourth-order valence-corrected chi connectivity index (χ4v) is 1.78. The maximum atomic E-state index is 5.41. The quantitative estimate of drug-likeness (QED) is 0.628. The lowest BCUT2D eigenvalue weighted by Gasteiger charge is -2.04. The summed E-state index contributed by atoms with van der Waals surface area (Å²) in [5.74, 6) is 1.43.